The highest BCUT2D eigenvalue weighted by molar-refractivity contribution is 6.07. The van der Waals surface area contributed by atoms with Crippen molar-refractivity contribution >= 4 is 17.0 Å². The van der Waals surface area contributed by atoms with Crippen molar-refractivity contribution in [3.63, 3.8) is 0 Å². The lowest BCUT2D eigenvalue weighted by Crippen LogP contribution is -2.29. The molecule has 1 unspecified atom stereocenters. The van der Waals surface area contributed by atoms with Gasteiger partial charge in [-0.25, -0.2) is 4.98 Å². The third-order valence-electron chi connectivity index (χ3n) is 5.77. The van der Waals surface area contributed by atoms with Crippen molar-refractivity contribution in [2.45, 2.75) is 25.9 Å². The average Bonchev–Trinajstić information content (AvgIpc) is 3.55. The highest BCUT2D eigenvalue weighted by Gasteiger charge is 2.32. The van der Waals surface area contributed by atoms with E-state index in [1.165, 1.54) is 18.2 Å². The zero-order chi connectivity index (χ0) is 23.2. The lowest BCUT2D eigenvalue weighted by Gasteiger charge is -2.17. The summed E-state index contributed by atoms with van der Waals surface area (Å²) in [6, 6.07) is 6.32. The van der Waals surface area contributed by atoms with Crippen molar-refractivity contribution in [1.82, 2.24) is 35.7 Å². The fraction of sp³-hybridized carbons (Fsp3) is 0.333. The summed E-state index contributed by atoms with van der Waals surface area (Å²) in [6.45, 7) is 2.73. The molecular weight excluding hydrogens is 439 g/mol. The number of benzene rings is 1. The van der Waals surface area contributed by atoms with Crippen LogP contribution in [0, 0.1) is 12.8 Å². The predicted octanol–water partition coefficient (Wildman–Crippen LogP) is 3.43. The minimum Gasteiger partial charge on any atom is -0.338 e. The fourth-order valence-electron chi connectivity index (χ4n) is 4.15. The Hall–Kier alpha value is -3.83. The van der Waals surface area contributed by atoms with E-state index in [0.717, 1.165) is 18.6 Å². The Morgan fingerprint density at radius 1 is 1.30 bits per heavy atom. The standard InChI is InChI=1S/C21H18F3N7O2/c1-11-18-15(20(32)31-6-5-12(10-31)7-17-26-29-30-27-17)9-16(25-19(18)33-28-11)13-3-2-4-14(8-13)21(22,23)24/h2-4,8-9,12H,5-7,10H2,1H3,(H,26,27,29,30). The topological polar surface area (TPSA) is 114 Å². The lowest BCUT2D eigenvalue weighted by molar-refractivity contribution is -0.137. The quantitative estimate of drug-likeness (QED) is 0.499. The number of fused-ring (bicyclic) bond motifs is 1. The highest BCUT2D eigenvalue weighted by atomic mass is 19.4. The first-order valence-corrected chi connectivity index (χ1v) is 10.3. The Morgan fingerprint density at radius 3 is 2.91 bits per heavy atom. The van der Waals surface area contributed by atoms with Crippen molar-refractivity contribution in [2.24, 2.45) is 5.92 Å². The van der Waals surface area contributed by atoms with Gasteiger partial charge in [-0.2, -0.15) is 18.4 Å². The number of rotatable bonds is 4. The molecule has 1 fully saturated rings. The number of H-pyrrole nitrogens is 1. The van der Waals surface area contributed by atoms with Crippen molar-refractivity contribution in [2.75, 3.05) is 13.1 Å². The van der Waals surface area contributed by atoms with Gasteiger partial charge in [0.2, 0.25) is 0 Å². The summed E-state index contributed by atoms with van der Waals surface area (Å²) in [5, 5.41) is 18.3. The smallest absolute Gasteiger partial charge is 0.338 e. The van der Waals surface area contributed by atoms with Crippen LogP contribution in [0.2, 0.25) is 0 Å². The Labute approximate surface area is 185 Å². The summed E-state index contributed by atoms with van der Waals surface area (Å²) in [6.07, 6.45) is -3.13. The van der Waals surface area contributed by atoms with Gasteiger partial charge in [-0.1, -0.05) is 22.5 Å². The SMILES string of the molecule is Cc1noc2nc(-c3cccc(C(F)(F)F)c3)cc(C(=O)N3CCC(Cc4nn[nH]n4)C3)c12. The molecule has 0 aliphatic carbocycles. The molecule has 1 aliphatic heterocycles. The number of alkyl halides is 3. The van der Waals surface area contributed by atoms with Crippen molar-refractivity contribution in [1.29, 1.82) is 0 Å². The molecule has 9 nitrogen and oxygen atoms in total. The highest BCUT2D eigenvalue weighted by Crippen LogP contribution is 2.34. The normalized spacial score (nSPS) is 16.6. The molecule has 1 aromatic carbocycles. The summed E-state index contributed by atoms with van der Waals surface area (Å²) < 4.78 is 44.9. The minimum atomic E-state index is -4.50. The zero-order valence-corrected chi connectivity index (χ0v) is 17.4. The van der Waals surface area contributed by atoms with Crippen LogP contribution in [0.25, 0.3) is 22.4 Å². The van der Waals surface area contributed by atoms with Gasteiger partial charge in [0.05, 0.1) is 27.9 Å². The molecule has 4 aromatic rings. The van der Waals surface area contributed by atoms with Crippen LogP contribution in [-0.4, -0.2) is 54.7 Å². The van der Waals surface area contributed by atoms with Crippen LogP contribution < -0.4 is 0 Å². The summed E-state index contributed by atoms with van der Waals surface area (Å²) in [5.74, 6) is 0.509. The molecule has 0 radical (unpaired) electrons. The number of nitrogens with zero attached hydrogens (tertiary/aromatic N) is 6. The summed E-state index contributed by atoms with van der Waals surface area (Å²) >= 11 is 0. The molecule has 0 saturated carbocycles. The van der Waals surface area contributed by atoms with Gasteiger partial charge in [0.25, 0.3) is 11.6 Å². The molecule has 1 amide bonds. The van der Waals surface area contributed by atoms with E-state index in [2.05, 4.69) is 30.8 Å². The van der Waals surface area contributed by atoms with Gasteiger partial charge in [-0.05, 0) is 37.5 Å². The van der Waals surface area contributed by atoms with Crippen molar-refractivity contribution in [3.8, 4) is 11.3 Å². The fourth-order valence-corrected chi connectivity index (χ4v) is 4.15. The molecule has 1 N–H and O–H groups in total. The lowest BCUT2D eigenvalue weighted by atomic mass is 10.0. The number of tetrazole rings is 1. The van der Waals surface area contributed by atoms with Gasteiger partial charge in [0, 0.05) is 25.1 Å². The van der Waals surface area contributed by atoms with E-state index in [0.29, 0.717) is 42.0 Å². The molecular formula is C21H18F3N7O2. The monoisotopic (exact) mass is 457 g/mol. The third kappa shape index (κ3) is 4.03. The van der Waals surface area contributed by atoms with Crippen LogP contribution in [0.5, 0.6) is 0 Å². The van der Waals surface area contributed by atoms with Gasteiger partial charge in [0.15, 0.2) is 5.82 Å². The maximum absolute atomic E-state index is 13.5. The number of pyridine rings is 1. The second kappa shape index (κ2) is 7.94. The Kier molecular flexibility index (Phi) is 5.06. The largest absolute Gasteiger partial charge is 0.416 e. The molecule has 12 heteroatoms. The molecule has 170 valence electrons. The van der Waals surface area contributed by atoms with Gasteiger partial charge < -0.3 is 9.42 Å². The number of carbonyl (C=O) groups is 1. The van der Waals surface area contributed by atoms with Gasteiger partial charge >= 0.3 is 6.18 Å². The minimum absolute atomic E-state index is 0.105. The van der Waals surface area contributed by atoms with E-state index in [4.69, 9.17) is 4.52 Å². The number of likely N-dealkylation sites (tertiary alicyclic amines) is 1. The molecule has 3 aromatic heterocycles. The number of carbonyl (C=O) groups excluding carboxylic acids is 1. The number of amides is 1. The molecule has 5 rings (SSSR count). The number of hydrogen-bond acceptors (Lipinski definition) is 7. The van der Waals surface area contributed by atoms with E-state index in [1.54, 1.807) is 11.8 Å². The Balaban J connectivity index is 1.49. The van der Waals surface area contributed by atoms with Crippen LogP contribution in [0.4, 0.5) is 13.2 Å². The van der Waals surface area contributed by atoms with E-state index in [9.17, 15) is 18.0 Å². The summed E-state index contributed by atoms with van der Waals surface area (Å²) in [4.78, 5) is 19.5. The Morgan fingerprint density at radius 2 is 2.15 bits per heavy atom. The number of aromatic amines is 1. The second-order valence-corrected chi connectivity index (χ2v) is 8.02. The molecule has 1 aliphatic rings. The molecule has 0 bridgehead atoms. The number of nitrogens with one attached hydrogen (secondary N) is 1. The van der Waals surface area contributed by atoms with Crippen LogP contribution in [0.15, 0.2) is 34.9 Å². The Bertz CT molecular complexity index is 1320. The number of aryl methyl sites for hydroxylation is 1. The van der Waals surface area contributed by atoms with E-state index in [-0.39, 0.29) is 28.8 Å². The third-order valence-corrected chi connectivity index (χ3v) is 5.77. The second-order valence-electron chi connectivity index (χ2n) is 8.02. The average molecular weight is 457 g/mol. The number of aromatic nitrogens is 6. The molecule has 0 spiro atoms. The molecule has 4 heterocycles. The summed E-state index contributed by atoms with van der Waals surface area (Å²) in [7, 11) is 0. The van der Waals surface area contributed by atoms with Gasteiger partial charge in [0.1, 0.15) is 0 Å². The first-order valence-electron chi connectivity index (χ1n) is 10.3. The maximum atomic E-state index is 13.5. The van der Waals surface area contributed by atoms with Crippen LogP contribution in [0.3, 0.4) is 0 Å². The first kappa shape index (κ1) is 21.0. The van der Waals surface area contributed by atoms with Crippen molar-refractivity contribution in [3.05, 3.63) is 53.0 Å². The van der Waals surface area contributed by atoms with Crippen LogP contribution in [-0.2, 0) is 12.6 Å². The van der Waals surface area contributed by atoms with Crippen molar-refractivity contribution < 1.29 is 22.5 Å². The zero-order valence-electron chi connectivity index (χ0n) is 17.4. The number of hydrogen-bond donors (Lipinski definition) is 1. The van der Waals surface area contributed by atoms with Gasteiger partial charge in [-0.3, -0.25) is 4.79 Å². The molecule has 1 atom stereocenters. The van der Waals surface area contributed by atoms with E-state index >= 15 is 0 Å². The molecule has 1 saturated heterocycles. The predicted molar refractivity (Wildman–Crippen MR) is 109 cm³/mol. The van der Waals surface area contributed by atoms with Crippen LogP contribution in [0.1, 0.15) is 33.9 Å². The maximum Gasteiger partial charge on any atom is 0.416 e. The number of halogens is 3. The molecule has 33 heavy (non-hydrogen) atoms. The van der Waals surface area contributed by atoms with E-state index < -0.39 is 11.7 Å². The van der Waals surface area contributed by atoms with E-state index in [1.807, 2.05) is 0 Å². The first-order chi connectivity index (χ1) is 15.8. The summed E-state index contributed by atoms with van der Waals surface area (Å²) in [5.41, 5.74) is 0.521. The van der Waals surface area contributed by atoms with Gasteiger partial charge in [-0.15, -0.1) is 10.2 Å². The van der Waals surface area contributed by atoms with Crippen LogP contribution >= 0.6 is 0 Å².